The molecule has 2 aliphatic carbocycles. The molecule has 2 aliphatic rings. The topological polar surface area (TPSA) is 45.4 Å². The molecule has 0 saturated heterocycles. The number of hydrogen-bond donors (Lipinski definition) is 0. The van der Waals surface area contributed by atoms with Crippen LogP contribution in [0.25, 0.3) is 11.1 Å². The number of oxime groups is 1. The van der Waals surface area contributed by atoms with Gasteiger partial charge in [-0.2, -0.15) is 5.26 Å². The van der Waals surface area contributed by atoms with Crippen molar-refractivity contribution in [2.75, 3.05) is 0 Å². The van der Waals surface area contributed by atoms with E-state index >= 15 is 0 Å². The molecule has 2 fully saturated rings. The van der Waals surface area contributed by atoms with Gasteiger partial charge in [-0.3, -0.25) is 0 Å². The van der Waals surface area contributed by atoms with Crippen molar-refractivity contribution in [3.8, 4) is 17.2 Å². The van der Waals surface area contributed by atoms with Gasteiger partial charge in [0.25, 0.3) is 0 Å². The molecular weight excluding hydrogens is 332 g/mol. The highest BCUT2D eigenvalue weighted by molar-refractivity contribution is 5.93. The summed E-state index contributed by atoms with van der Waals surface area (Å²) in [6.07, 6.45) is 3.61. The normalized spacial score (nSPS) is 26.9. The quantitative estimate of drug-likeness (QED) is 0.635. The average molecular weight is 358 g/mol. The van der Waals surface area contributed by atoms with Crippen LogP contribution < -0.4 is 0 Å². The van der Waals surface area contributed by atoms with Crippen molar-refractivity contribution in [2.45, 2.75) is 46.6 Å². The molecule has 4 rings (SSSR count). The van der Waals surface area contributed by atoms with E-state index in [-0.39, 0.29) is 5.41 Å². The van der Waals surface area contributed by atoms with Crippen LogP contribution in [-0.4, -0.2) is 5.71 Å². The number of hydrogen-bond acceptors (Lipinski definition) is 3. The minimum atomic E-state index is 0.183. The standard InChI is InChI=1S/C24H26N2O/c1-23(2)20-12-13-24(23,3)22(14-20)26-27-16-17-8-10-18(11-9-17)21-7-5-4-6-19(21)15-25/h4-11,20H,12-14,16H2,1-3H3/b26-22+/t20-,24-/m1/s1. The summed E-state index contributed by atoms with van der Waals surface area (Å²) < 4.78 is 0. The molecule has 3 heteroatoms. The van der Waals surface area contributed by atoms with Crippen molar-refractivity contribution in [1.82, 2.24) is 0 Å². The lowest BCUT2D eigenvalue weighted by molar-refractivity contribution is 0.123. The maximum atomic E-state index is 9.27. The number of nitriles is 1. The fourth-order valence-corrected chi connectivity index (χ4v) is 4.86. The first-order chi connectivity index (χ1) is 13.0. The Labute approximate surface area is 161 Å². The molecule has 2 bridgehead atoms. The van der Waals surface area contributed by atoms with E-state index in [0.717, 1.165) is 29.0 Å². The van der Waals surface area contributed by atoms with E-state index in [2.05, 4.69) is 44.1 Å². The highest BCUT2D eigenvalue weighted by Crippen LogP contribution is 2.64. The summed E-state index contributed by atoms with van der Waals surface area (Å²) in [6, 6.07) is 18.1. The zero-order valence-electron chi connectivity index (χ0n) is 16.3. The summed E-state index contributed by atoms with van der Waals surface area (Å²) in [5.41, 5.74) is 5.54. The van der Waals surface area contributed by atoms with E-state index in [1.807, 2.05) is 36.4 Å². The molecule has 0 amide bonds. The first-order valence-corrected chi connectivity index (χ1v) is 9.73. The smallest absolute Gasteiger partial charge is 0.142 e. The Hall–Kier alpha value is -2.60. The van der Waals surface area contributed by atoms with E-state index in [0.29, 0.717) is 17.6 Å². The molecule has 0 aliphatic heterocycles. The Kier molecular flexibility index (Phi) is 4.30. The molecule has 27 heavy (non-hydrogen) atoms. The molecule has 2 atom stereocenters. The molecule has 3 nitrogen and oxygen atoms in total. The third kappa shape index (κ3) is 2.84. The van der Waals surface area contributed by atoms with Gasteiger partial charge in [-0.1, -0.05) is 68.4 Å². The number of benzene rings is 2. The molecule has 0 radical (unpaired) electrons. The van der Waals surface area contributed by atoms with Gasteiger partial charge in [0, 0.05) is 5.41 Å². The van der Waals surface area contributed by atoms with Crippen LogP contribution in [0.15, 0.2) is 53.7 Å². The van der Waals surface area contributed by atoms with Crippen molar-refractivity contribution in [1.29, 1.82) is 5.26 Å². The zero-order valence-corrected chi connectivity index (χ0v) is 16.3. The predicted molar refractivity (Wildman–Crippen MR) is 108 cm³/mol. The lowest BCUT2D eigenvalue weighted by Crippen LogP contribution is -2.32. The summed E-state index contributed by atoms with van der Waals surface area (Å²) in [6.45, 7) is 7.59. The molecule has 138 valence electrons. The van der Waals surface area contributed by atoms with Gasteiger partial charge < -0.3 is 4.84 Å². The molecule has 2 saturated carbocycles. The SMILES string of the molecule is CC1(C)[C@@H]2CC[C@]1(C)/C(=N/OCc1ccc(-c3ccccc3C#N)cc1)C2. The van der Waals surface area contributed by atoms with Gasteiger partial charge in [-0.25, -0.2) is 0 Å². The van der Waals surface area contributed by atoms with Crippen LogP contribution in [0.3, 0.4) is 0 Å². The van der Waals surface area contributed by atoms with Crippen molar-refractivity contribution in [2.24, 2.45) is 21.9 Å². The van der Waals surface area contributed by atoms with Crippen molar-refractivity contribution in [3.63, 3.8) is 0 Å². The summed E-state index contributed by atoms with van der Waals surface area (Å²) in [5, 5.41) is 13.8. The van der Waals surface area contributed by atoms with Crippen molar-refractivity contribution in [3.05, 3.63) is 59.7 Å². The predicted octanol–water partition coefficient (Wildman–Crippen LogP) is 5.94. The highest BCUT2D eigenvalue weighted by Gasteiger charge is 2.60. The van der Waals surface area contributed by atoms with Gasteiger partial charge in [0.2, 0.25) is 0 Å². The summed E-state index contributed by atoms with van der Waals surface area (Å²) >= 11 is 0. The summed E-state index contributed by atoms with van der Waals surface area (Å²) in [7, 11) is 0. The fourth-order valence-electron chi connectivity index (χ4n) is 4.86. The Bertz CT molecular complexity index is 920. The van der Waals surface area contributed by atoms with E-state index in [1.165, 1.54) is 18.6 Å². The number of rotatable bonds is 4. The first kappa shape index (κ1) is 17.8. The van der Waals surface area contributed by atoms with Crippen LogP contribution in [-0.2, 0) is 11.4 Å². The van der Waals surface area contributed by atoms with Crippen molar-refractivity contribution >= 4 is 5.71 Å². The largest absolute Gasteiger partial charge is 0.391 e. The third-order valence-electron chi connectivity index (χ3n) is 7.23. The Morgan fingerprint density at radius 3 is 2.48 bits per heavy atom. The van der Waals surface area contributed by atoms with E-state index in [4.69, 9.17) is 4.84 Å². The molecule has 2 aromatic carbocycles. The molecule has 0 aromatic heterocycles. The van der Waals surface area contributed by atoms with Crippen LogP contribution in [0.4, 0.5) is 0 Å². The Morgan fingerprint density at radius 2 is 1.85 bits per heavy atom. The lowest BCUT2D eigenvalue weighted by Gasteiger charge is -2.34. The van der Waals surface area contributed by atoms with Gasteiger partial charge in [-0.15, -0.1) is 0 Å². The Balaban J connectivity index is 1.44. The van der Waals surface area contributed by atoms with E-state index < -0.39 is 0 Å². The summed E-state index contributed by atoms with van der Waals surface area (Å²) in [5.74, 6) is 0.740. The second kappa shape index (κ2) is 6.53. The van der Waals surface area contributed by atoms with Crippen LogP contribution in [0.5, 0.6) is 0 Å². The number of nitrogens with zero attached hydrogens (tertiary/aromatic N) is 2. The van der Waals surface area contributed by atoms with Gasteiger partial charge in [0.05, 0.1) is 17.3 Å². The van der Waals surface area contributed by atoms with Crippen LogP contribution >= 0.6 is 0 Å². The monoisotopic (exact) mass is 358 g/mol. The molecule has 0 N–H and O–H groups in total. The van der Waals surface area contributed by atoms with Gasteiger partial charge in [-0.05, 0) is 53.4 Å². The highest BCUT2D eigenvalue weighted by atomic mass is 16.6. The number of fused-ring (bicyclic) bond motifs is 2. The molecular formula is C24H26N2O. The van der Waals surface area contributed by atoms with E-state index in [1.54, 1.807) is 0 Å². The zero-order chi connectivity index (χ0) is 19.1. The van der Waals surface area contributed by atoms with Gasteiger partial charge >= 0.3 is 0 Å². The molecule has 0 heterocycles. The molecule has 0 unspecified atom stereocenters. The maximum Gasteiger partial charge on any atom is 0.142 e. The molecule has 2 aromatic rings. The second-order valence-corrected chi connectivity index (χ2v) is 8.66. The van der Waals surface area contributed by atoms with Gasteiger partial charge in [0.1, 0.15) is 6.61 Å². The van der Waals surface area contributed by atoms with Crippen LogP contribution in [0.2, 0.25) is 0 Å². The molecule has 0 spiro atoms. The van der Waals surface area contributed by atoms with Crippen LogP contribution in [0.1, 0.15) is 51.2 Å². The maximum absolute atomic E-state index is 9.27. The van der Waals surface area contributed by atoms with E-state index in [9.17, 15) is 5.26 Å². The fraction of sp³-hybridized carbons (Fsp3) is 0.417. The minimum absolute atomic E-state index is 0.183. The first-order valence-electron chi connectivity index (χ1n) is 9.73. The summed E-state index contributed by atoms with van der Waals surface area (Å²) in [4.78, 5) is 5.74. The lowest BCUT2D eigenvalue weighted by atomic mass is 9.70. The van der Waals surface area contributed by atoms with Crippen molar-refractivity contribution < 1.29 is 4.84 Å². The average Bonchev–Trinajstić information content (AvgIpc) is 3.02. The van der Waals surface area contributed by atoms with Crippen LogP contribution in [0, 0.1) is 28.1 Å². The third-order valence-corrected chi connectivity index (χ3v) is 7.23. The van der Waals surface area contributed by atoms with Gasteiger partial charge in [0.15, 0.2) is 0 Å². The minimum Gasteiger partial charge on any atom is -0.391 e. The second-order valence-electron chi connectivity index (χ2n) is 8.66. The Morgan fingerprint density at radius 1 is 1.11 bits per heavy atom.